The molecule has 0 fully saturated rings. The molecule has 5 nitrogen and oxygen atoms in total. The lowest BCUT2D eigenvalue weighted by Gasteiger charge is -2.13. The standard InChI is InChI=1S/C19H18F3N5S/c1-12(2)24-18-26-16(15-8-3-4-9-23-15)11-17(27-18)25-13-6-5-7-14(10-13)28-19(20,21)22/h3-12H,1-2H3,(H2,24,25,26,27). The van der Waals surface area contributed by atoms with Crippen molar-refractivity contribution >= 4 is 29.2 Å². The Kier molecular flexibility index (Phi) is 6.03. The molecule has 0 saturated heterocycles. The third-order valence-electron chi connectivity index (χ3n) is 3.41. The van der Waals surface area contributed by atoms with Gasteiger partial charge in [-0.15, -0.1) is 0 Å². The molecule has 0 aliphatic rings. The van der Waals surface area contributed by atoms with E-state index in [1.54, 1.807) is 30.5 Å². The maximum Gasteiger partial charge on any atom is 0.446 e. The van der Waals surface area contributed by atoms with Gasteiger partial charge >= 0.3 is 5.51 Å². The van der Waals surface area contributed by atoms with Gasteiger partial charge in [-0.1, -0.05) is 12.1 Å². The minimum absolute atomic E-state index is 0.0945. The first kappa shape index (κ1) is 19.9. The Bertz CT molecular complexity index is 932. The van der Waals surface area contributed by atoms with Crippen molar-refractivity contribution in [1.29, 1.82) is 0 Å². The third-order valence-corrected chi connectivity index (χ3v) is 4.13. The third kappa shape index (κ3) is 5.85. The van der Waals surface area contributed by atoms with Gasteiger partial charge in [-0.25, -0.2) is 4.98 Å². The molecule has 0 unspecified atom stereocenters. The van der Waals surface area contributed by atoms with E-state index in [2.05, 4.69) is 25.6 Å². The van der Waals surface area contributed by atoms with Crippen molar-refractivity contribution in [3.05, 3.63) is 54.7 Å². The summed E-state index contributed by atoms with van der Waals surface area (Å²) in [6.45, 7) is 3.92. The summed E-state index contributed by atoms with van der Waals surface area (Å²) in [4.78, 5) is 13.3. The van der Waals surface area contributed by atoms with Crippen LogP contribution in [0.2, 0.25) is 0 Å². The van der Waals surface area contributed by atoms with Gasteiger partial charge in [0.05, 0.1) is 11.4 Å². The second-order valence-corrected chi connectivity index (χ2v) is 7.32. The van der Waals surface area contributed by atoms with Gasteiger partial charge in [0.1, 0.15) is 5.82 Å². The SMILES string of the molecule is CC(C)Nc1nc(Nc2cccc(SC(F)(F)F)c2)cc(-c2ccccn2)n1. The smallest absolute Gasteiger partial charge is 0.352 e. The van der Waals surface area contributed by atoms with Gasteiger partial charge in [0, 0.05) is 28.9 Å². The molecular formula is C19H18F3N5S. The lowest BCUT2D eigenvalue weighted by Crippen LogP contribution is -2.13. The molecule has 146 valence electrons. The largest absolute Gasteiger partial charge is 0.446 e. The Morgan fingerprint density at radius 1 is 0.964 bits per heavy atom. The predicted molar refractivity (Wildman–Crippen MR) is 106 cm³/mol. The summed E-state index contributed by atoms with van der Waals surface area (Å²) in [6, 6.07) is 13.4. The van der Waals surface area contributed by atoms with E-state index < -0.39 is 5.51 Å². The van der Waals surface area contributed by atoms with Gasteiger partial charge in [0.25, 0.3) is 0 Å². The predicted octanol–water partition coefficient (Wildman–Crippen LogP) is 5.71. The Hall–Kier alpha value is -2.81. The van der Waals surface area contributed by atoms with Gasteiger partial charge in [0.15, 0.2) is 0 Å². The van der Waals surface area contributed by atoms with Crippen molar-refractivity contribution in [2.75, 3.05) is 10.6 Å². The molecule has 2 heterocycles. The number of nitrogens with one attached hydrogen (secondary N) is 2. The molecule has 0 amide bonds. The first-order chi connectivity index (χ1) is 13.3. The number of aromatic nitrogens is 3. The van der Waals surface area contributed by atoms with E-state index >= 15 is 0 Å². The molecule has 2 aromatic heterocycles. The fourth-order valence-corrected chi connectivity index (χ4v) is 3.00. The van der Waals surface area contributed by atoms with E-state index in [1.807, 2.05) is 26.0 Å². The van der Waals surface area contributed by atoms with Crippen LogP contribution in [-0.4, -0.2) is 26.5 Å². The average Bonchev–Trinajstić information content (AvgIpc) is 2.60. The minimum atomic E-state index is -4.34. The van der Waals surface area contributed by atoms with Crippen LogP contribution in [0.1, 0.15) is 13.8 Å². The summed E-state index contributed by atoms with van der Waals surface area (Å²) in [6.07, 6.45) is 1.66. The zero-order valence-electron chi connectivity index (χ0n) is 15.2. The second kappa shape index (κ2) is 8.47. The molecule has 0 saturated carbocycles. The maximum absolute atomic E-state index is 12.6. The lowest BCUT2D eigenvalue weighted by atomic mass is 10.2. The van der Waals surface area contributed by atoms with Crippen molar-refractivity contribution in [3.63, 3.8) is 0 Å². The molecule has 3 rings (SSSR count). The average molecular weight is 405 g/mol. The molecule has 0 aliphatic carbocycles. The van der Waals surface area contributed by atoms with Crippen LogP contribution in [0.3, 0.4) is 0 Å². The van der Waals surface area contributed by atoms with Crippen LogP contribution in [0.15, 0.2) is 59.6 Å². The van der Waals surface area contributed by atoms with E-state index in [9.17, 15) is 13.2 Å². The number of anilines is 3. The van der Waals surface area contributed by atoms with Crippen LogP contribution < -0.4 is 10.6 Å². The van der Waals surface area contributed by atoms with Crippen LogP contribution in [0.5, 0.6) is 0 Å². The molecule has 2 N–H and O–H groups in total. The Morgan fingerprint density at radius 3 is 2.46 bits per heavy atom. The molecule has 0 aliphatic heterocycles. The molecule has 0 bridgehead atoms. The summed E-state index contributed by atoms with van der Waals surface area (Å²) in [5, 5.41) is 6.19. The summed E-state index contributed by atoms with van der Waals surface area (Å²) >= 11 is -0.158. The van der Waals surface area contributed by atoms with E-state index in [0.29, 0.717) is 28.8 Å². The van der Waals surface area contributed by atoms with E-state index in [1.165, 1.54) is 12.1 Å². The fraction of sp³-hybridized carbons (Fsp3) is 0.211. The van der Waals surface area contributed by atoms with Crippen LogP contribution in [0.4, 0.5) is 30.6 Å². The molecule has 0 atom stereocenters. The highest BCUT2D eigenvalue weighted by molar-refractivity contribution is 8.00. The van der Waals surface area contributed by atoms with Gasteiger partial charge in [-0.3, -0.25) is 4.98 Å². The first-order valence-corrected chi connectivity index (χ1v) is 9.30. The summed E-state index contributed by atoms with van der Waals surface area (Å²) in [5.41, 5.74) is -2.58. The summed E-state index contributed by atoms with van der Waals surface area (Å²) < 4.78 is 37.9. The fourth-order valence-electron chi connectivity index (χ4n) is 2.40. The van der Waals surface area contributed by atoms with Crippen molar-refractivity contribution in [1.82, 2.24) is 15.0 Å². The van der Waals surface area contributed by atoms with E-state index in [-0.39, 0.29) is 22.7 Å². The number of halogens is 3. The van der Waals surface area contributed by atoms with Gasteiger partial charge < -0.3 is 10.6 Å². The lowest BCUT2D eigenvalue weighted by molar-refractivity contribution is -0.0328. The van der Waals surface area contributed by atoms with Crippen molar-refractivity contribution in [2.45, 2.75) is 30.3 Å². The van der Waals surface area contributed by atoms with Crippen LogP contribution in [0, 0.1) is 0 Å². The first-order valence-electron chi connectivity index (χ1n) is 8.48. The molecule has 0 radical (unpaired) electrons. The van der Waals surface area contributed by atoms with E-state index in [4.69, 9.17) is 0 Å². The maximum atomic E-state index is 12.6. The number of hydrogen-bond donors (Lipinski definition) is 2. The number of rotatable bonds is 6. The van der Waals surface area contributed by atoms with Gasteiger partial charge in [-0.05, 0) is 55.9 Å². The number of thioether (sulfide) groups is 1. The van der Waals surface area contributed by atoms with Crippen LogP contribution in [0.25, 0.3) is 11.4 Å². The molecule has 28 heavy (non-hydrogen) atoms. The minimum Gasteiger partial charge on any atom is -0.352 e. The second-order valence-electron chi connectivity index (χ2n) is 6.18. The van der Waals surface area contributed by atoms with Crippen LogP contribution >= 0.6 is 11.8 Å². The summed E-state index contributed by atoms with van der Waals surface area (Å²) in [7, 11) is 0. The Labute approximate surface area is 164 Å². The molecule has 0 spiro atoms. The Balaban J connectivity index is 1.92. The van der Waals surface area contributed by atoms with Crippen molar-refractivity contribution < 1.29 is 13.2 Å². The van der Waals surface area contributed by atoms with Crippen molar-refractivity contribution in [2.24, 2.45) is 0 Å². The van der Waals surface area contributed by atoms with Gasteiger partial charge in [-0.2, -0.15) is 18.2 Å². The molecule has 3 aromatic rings. The molecular weight excluding hydrogens is 387 g/mol. The normalized spacial score (nSPS) is 11.5. The topological polar surface area (TPSA) is 62.7 Å². The molecule has 9 heteroatoms. The van der Waals surface area contributed by atoms with Crippen molar-refractivity contribution in [3.8, 4) is 11.4 Å². The number of hydrogen-bond acceptors (Lipinski definition) is 6. The Morgan fingerprint density at radius 2 is 1.79 bits per heavy atom. The number of alkyl halides is 3. The highest BCUT2D eigenvalue weighted by Crippen LogP contribution is 2.37. The quantitative estimate of drug-likeness (QED) is 0.512. The summed E-state index contributed by atoms with van der Waals surface area (Å²) in [5.74, 6) is 0.856. The van der Waals surface area contributed by atoms with Gasteiger partial charge in [0.2, 0.25) is 5.95 Å². The highest BCUT2D eigenvalue weighted by Gasteiger charge is 2.29. The monoisotopic (exact) mass is 405 g/mol. The zero-order chi connectivity index (χ0) is 20.1. The molecule has 1 aromatic carbocycles. The number of benzene rings is 1. The van der Waals surface area contributed by atoms with Crippen LogP contribution in [-0.2, 0) is 0 Å². The van der Waals surface area contributed by atoms with E-state index in [0.717, 1.165) is 0 Å². The number of nitrogens with zero attached hydrogens (tertiary/aromatic N) is 3. The number of pyridine rings is 1. The highest BCUT2D eigenvalue weighted by atomic mass is 32.2. The zero-order valence-corrected chi connectivity index (χ0v) is 16.0.